The average molecular weight is 246 g/mol. The van der Waals surface area contributed by atoms with E-state index in [1.165, 1.54) is 12.3 Å². The number of nitro groups is 1. The van der Waals surface area contributed by atoms with E-state index in [0.717, 1.165) is 0 Å². The van der Waals surface area contributed by atoms with Gasteiger partial charge in [-0.15, -0.1) is 0 Å². The van der Waals surface area contributed by atoms with Crippen molar-refractivity contribution in [3.05, 3.63) is 51.7 Å². The van der Waals surface area contributed by atoms with E-state index in [1.54, 1.807) is 25.1 Å². The molecule has 1 heterocycles. The number of nitrogens with zero attached hydrogens (tertiary/aromatic N) is 1. The van der Waals surface area contributed by atoms with E-state index in [0.29, 0.717) is 11.1 Å². The largest absolute Gasteiger partial charge is 0.478 e. The van der Waals surface area contributed by atoms with E-state index in [-0.39, 0.29) is 16.9 Å². The summed E-state index contributed by atoms with van der Waals surface area (Å²) < 4.78 is 0. The zero-order valence-electron chi connectivity index (χ0n) is 9.51. The first-order chi connectivity index (χ1) is 8.52. The highest BCUT2D eigenvalue weighted by molar-refractivity contribution is 5.96. The van der Waals surface area contributed by atoms with Crippen LogP contribution in [0.2, 0.25) is 0 Å². The fraction of sp³-hybridized carbons (Fsp3) is 0.0833. The maximum atomic E-state index is 11.1. The Bertz CT molecular complexity index is 631. The minimum atomic E-state index is -1.12. The molecule has 0 radical (unpaired) electrons. The van der Waals surface area contributed by atoms with Gasteiger partial charge in [-0.05, 0) is 13.0 Å². The Morgan fingerprint density at radius 3 is 2.67 bits per heavy atom. The van der Waals surface area contributed by atoms with Gasteiger partial charge in [0.15, 0.2) is 0 Å². The summed E-state index contributed by atoms with van der Waals surface area (Å²) in [5.74, 6) is -1.12. The average Bonchev–Trinajstić information content (AvgIpc) is 2.71. The molecule has 0 saturated carbocycles. The molecule has 0 saturated heterocycles. The van der Waals surface area contributed by atoms with Crippen molar-refractivity contribution in [3.63, 3.8) is 0 Å². The molecule has 0 atom stereocenters. The number of benzene rings is 1. The van der Waals surface area contributed by atoms with Gasteiger partial charge in [-0.1, -0.05) is 18.2 Å². The van der Waals surface area contributed by atoms with Crippen LogP contribution in [0.25, 0.3) is 11.3 Å². The summed E-state index contributed by atoms with van der Waals surface area (Å²) in [7, 11) is 0. The third-order valence-electron chi connectivity index (χ3n) is 2.65. The number of aryl methyl sites for hydroxylation is 1. The fourth-order valence-electron chi connectivity index (χ4n) is 1.84. The molecular weight excluding hydrogens is 236 g/mol. The molecule has 6 heteroatoms. The molecule has 0 aliphatic heterocycles. The molecule has 0 fully saturated rings. The highest BCUT2D eigenvalue weighted by Crippen LogP contribution is 2.33. The van der Waals surface area contributed by atoms with Crippen molar-refractivity contribution in [2.75, 3.05) is 0 Å². The molecule has 0 aliphatic carbocycles. The predicted molar refractivity (Wildman–Crippen MR) is 64.6 cm³/mol. The van der Waals surface area contributed by atoms with Gasteiger partial charge in [-0.25, -0.2) is 4.79 Å². The Kier molecular flexibility index (Phi) is 2.85. The first kappa shape index (κ1) is 11.8. The second-order valence-electron chi connectivity index (χ2n) is 3.80. The minimum absolute atomic E-state index is 0.0300. The highest BCUT2D eigenvalue weighted by Gasteiger charge is 2.23. The molecule has 1 aromatic carbocycles. The number of rotatable bonds is 3. The number of carbonyl (C=O) groups is 1. The summed E-state index contributed by atoms with van der Waals surface area (Å²) in [5, 5.41) is 20.1. The molecule has 1 aromatic heterocycles. The lowest BCUT2D eigenvalue weighted by Gasteiger charge is -2.03. The number of carboxylic acids is 1. The molecule has 0 aliphatic rings. The Balaban J connectivity index is 2.70. The Hall–Kier alpha value is -2.63. The summed E-state index contributed by atoms with van der Waals surface area (Å²) in [6.45, 7) is 1.60. The summed E-state index contributed by atoms with van der Waals surface area (Å²) in [5.41, 5.74) is 0.932. The zero-order valence-corrected chi connectivity index (χ0v) is 9.51. The molecule has 6 nitrogen and oxygen atoms in total. The highest BCUT2D eigenvalue weighted by atomic mass is 16.6. The normalized spacial score (nSPS) is 10.3. The number of aromatic nitrogens is 1. The zero-order chi connectivity index (χ0) is 13.3. The van der Waals surface area contributed by atoms with Gasteiger partial charge >= 0.3 is 5.97 Å². The van der Waals surface area contributed by atoms with E-state index in [4.69, 9.17) is 5.11 Å². The summed E-state index contributed by atoms with van der Waals surface area (Å²) in [6.07, 6.45) is 1.49. The molecule has 18 heavy (non-hydrogen) atoms. The smallest absolute Gasteiger partial charge is 0.336 e. The molecule has 0 unspecified atom stereocenters. The van der Waals surface area contributed by atoms with E-state index >= 15 is 0 Å². The van der Waals surface area contributed by atoms with Crippen LogP contribution in [-0.4, -0.2) is 21.0 Å². The van der Waals surface area contributed by atoms with Gasteiger partial charge in [0.05, 0.1) is 10.5 Å². The van der Waals surface area contributed by atoms with Crippen LogP contribution in [0.1, 0.15) is 15.9 Å². The van der Waals surface area contributed by atoms with Crippen LogP contribution in [0.5, 0.6) is 0 Å². The van der Waals surface area contributed by atoms with Gasteiger partial charge in [-0.3, -0.25) is 10.1 Å². The molecular formula is C12H10N2O4. The van der Waals surface area contributed by atoms with Crippen LogP contribution in [0.4, 0.5) is 5.69 Å². The minimum Gasteiger partial charge on any atom is -0.478 e. The second kappa shape index (κ2) is 4.33. The number of aromatic amines is 1. The molecule has 0 bridgehead atoms. The maximum Gasteiger partial charge on any atom is 0.336 e. The first-order valence-electron chi connectivity index (χ1n) is 5.17. The fourth-order valence-corrected chi connectivity index (χ4v) is 1.84. The summed E-state index contributed by atoms with van der Waals surface area (Å²) >= 11 is 0. The lowest BCUT2D eigenvalue weighted by atomic mass is 10.0. The second-order valence-corrected chi connectivity index (χ2v) is 3.80. The van der Waals surface area contributed by atoms with Crippen molar-refractivity contribution in [3.8, 4) is 11.3 Å². The predicted octanol–water partition coefficient (Wildman–Crippen LogP) is 2.60. The number of hydrogen-bond donors (Lipinski definition) is 2. The van der Waals surface area contributed by atoms with Crippen molar-refractivity contribution in [2.45, 2.75) is 6.92 Å². The quantitative estimate of drug-likeness (QED) is 0.642. The third kappa shape index (κ3) is 1.84. The Labute approximate surface area is 102 Å². The molecule has 2 rings (SSSR count). The molecule has 92 valence electrons. The Morgan fingerprint density at radius 2 is 2.06 bits per heavy atom. The van der Waals surface area contributed by atoms with Crippen LogP contribution in [0.3, 0.4) is 0 Å². The van der Waals surface area contributed by atoms with Crippen LogP contribution >= 0.6 is 0 Å². The molecule has 0 spiro atoms. The van der Waals surface area contributed by atoms with Crippen LogP contribution < -0.4 is 0 Å². The number of aromatic carboxylic acids is 1. The molecule has 0 amide bonds. The topological polar surface area (TPSA) is 96.2 Å². The molecule has 2 aromatic rings. The van der Waals surface area contributed by atoms with E-state index < -0.39 is 10.9 Å². The third-order valence-corrected chi connectivity index (χ3v) is 2.65. The lowest BCUT2D eigenvalue weighted by molar-refractivity contribution is -0.384. The SMILES string of the molecule is Cc1c[nH]c(-c2ccccc2C(=O)O)c1[N+](=O)[O-]. The van der Waals surface area contributed by atoms with E-state index in [2.05, 4.69) is 4.98 Å². The van der Waals surface area contributed by atoms with Gasteiger partial charge < -0.3 is 10.1 Å². The first-order valence-corrected chi connectivity index (χ1v) is 5.17. The van der Waals surface area contributed by atoms with Crippen molar-refractivity contribution in [2.24, 2.45) is 0 Å². The van der Waals surface area contributed by atoms with Crippen molar-refractivity contribution >= 4 is 11.7 Å². The van der Waals surface area contributed by atoms with Gasteiger partial charge in [0.25, 0.3) is 5.69 Å². The number of H-pyrrole nitrogens is 1. The summed E-state index contributed by atoms with van der Waals surface area (Å²) in [4.78, 5) is 24.3. The monoisotopic (exact) mass is 246 g/mol. The number of nitrogens with one attached hydrogen (secondary N) is 1. The standard InChI is InChI=1S/C12H10N2O4/c1-7-6-13-10(11(7)14(17)18)8-4-2-3-5-9(8)12(15)16/h2-6,13H,1H3,(H,15,16). The molecule has 2 N–H and O–H groups in total. The van der Waals surface area contributed by atoms with Gasteiger partial charge in [0, 0.05) is 17.3 Å². The number of carboxylic acid groups (broad SMARTS) is 1. The van der Waals surface area contributed by atoms with Crippen LogP contribution in [0, 0.1) is 17.0 Å². The van der Waals surface area contributed by atoms with Gasteiger partial charge in [0.1, 0.15) is 5.69 Å². The van der Waals surface area contributed by atoms with Crippen molar-refractivity contribution < 1.29 is 14.8 Å². The van der Waals surface area contributed by atoms with Gasteiger partial charge in [0.2, 0.25) is 0 Å². The van der Waals surface area contributed by atoms with Crippen molar-refractivity contribution in [1.82, 2.24) is 4.98 Å². The van der Waals surface area contributed by atoms with Crippen molar-refractivity contribution in [1.29, 1.82) is 0 Å². The van der Waals surface area contributed by atoms with E-state index in [9.17, 15) is 14.9 Å². The number of hydrogen-bond acceptors (Lipinski definition) is 3. The lowest BCUT2D eigenvalue weighted by Crippen LogP contribution is -2.00. The Morgan fingerprint density at radius 1 is 1.39 bits per heavy atom. The van der Waals surface area contributed by atoms with Crippen LogP contribution in [-0.2, 0) is 0 Å². The van der Waals surface area contributed by atoms with E-state index in [1.807, 2.05) is 0 Å². The van der Waals surface area contributed by atoms with Crippen LogP contribution in [0.15, 0.2) is 30.5 Å². The van der Waals surface area contributed by atoms with Gasteiger partial charge in [-0.2, -0.15) is 0 Å². The maximum absolute atomic E-state index is 11.1. The summed E-state index contributed by atoms with van der Waals surface area (Å²) in [6, 6.07) is 6.18.